The Hall–Kier alpha value is 1.23. The van der Waals surface area contributed by atoms with Crippen molar-refractivity contribution in [1.82, 2.24) is 12.3 Å². The van der Waals surface area contributed by atoms with Crippen LogP contribution < -0.4 is 12.3 Å². The summed E-state index contributed by atoms with van der Waals surface area (Å²) in [6, 6.07) is 0. The molecule has 0 saturated carbocycles. The quantitative estimate of drug-likeness (QED) is 0.324. The minimum absolute atomic E-state index is 0. The Labute approximate surface area is 74.0 Å². The molecule has 0 atom stereocenters. The van der Waals surface area contributed by atoms with Crippen molar-refractivity contribution in [2.24, 2.45) is 0 Å². The first-order valence-electron chi connectivity index (χ1n) is 1.32. The molecule has 0 aliphatic rings. The molecule has 0 heterocycles. The van der Waals surface area contributed by atoms with Gasteiger partial charge in [0, 0.05) is 0 Å². The number of halogens is 2. The predicted octanol–water partition coefficient (Wildman–Crippen LogP) is 0.772. The average Bonchev–Trinajstić information content (AvgIpc) is 1.27. The van der Waals surface area contributed by atoms with Gasteiger partial charge in [-0.3, -0.25) is 0 Å². The fourth-order valence-electron chi connectivity index (χ4n) is 0. The van der Waals surface area contributed by atoms with Gasteiger partial charge < -0.3 is 27.0 Å². The second kappa shape index (κ2) is 12.9. The van der Waals surface area contributed by atoms with Crippen molar-refractivity contribution in [3.8, 4) is 0 Å². The summed E-state index contributed by atoms with van der Waals surface area (Å²) in [6.07, 6.45) is 0. The third kappa shape index (κ3) is 411. The van der Waals surface area contributed by atoms with Gasteiger partial charge in [-0.25, -0.2) is 4.57 Å². The Bertz CT molecular complexity index is 77.1. The van der Waals surface area contributed by atoms with Crippen LogP contribution in [0, 0.1) is 0 Å². The standard InChI is InChI=1S/2ClH.2H3N.H3O4P.Zn/c;;;;1-5(2,3)4;/h2*1H;2*1H3;(H3,1,2,3,4);/q;;;;;+2/p-2. The molecule has 0 aliphatic carbocycles. The van der Waals surface area contributed by atoms with E-state index in [4.69, 9.17) is 38.6 Å². The van der Waals surface area contributed by atoms with Gasteiger partial charge in [0.15, 0.2) is 0 Å². The molecule has 0 fully saturated rings. The molecule has 10 heteroatoms. The van der Waals surface area contributed by atoms with E-state index in [1.54, 1.807) is 0 Å². The van der Waals surface area contributed by atoms with Crippen LogP contribution in [-0.4, -0.2) is 14.7 Å². The van der Waals surface area contributed by atoms with Gasteiger partial charge in [0.05, 0.1) is 0 Å². The van der Waals surface area contributed by atoms with E-state index in [0.29, 0.717) is 0 Å². The molecule has 0 aliphatic heterocycles. The molecule has 10 heavy (non-hydrogen) atoms. The second-order valence-corrected chi connectivity index (χ2v) is 6.26. The molecule has 0 unspecified atom stereocenters. The molecule has 9 N–H and O–H groups in total. The summed E-state index contributed by atoms with van der Waals surface area (Å²) < 4.78 is 8.88. The van der Waals surface area contributed by atoms with Crippen molar-refractivity contribution in [1.29, 1.82) is 0 Å². The second-order valence-electron chi connectivity index (χ2n) is 0.614. The van der Waals surface area contributed by atoms with Crippen LogP contribution in [0.15, 0.2) is 0 Å². The molecular weight excluding hydrogens is 259 g/mol. The van der Waals surface area contributed by atoms with Crippen LogP contribution in [0.1, 0.15) is 0 Å². The Morgan fingerprint density at radius 2 is 1.10 bits per heavy atom. The van der Waals surface area contributed by atoms with Gasteiger partial charge >= 0.3 is 42.4 Å². The van der Waals surface area contributed by atoms with Gasteiger partial charge in [-0.05, 0) is 0 Å². The molecule has 0 aromatic heterocycles. The van der Waals surface area contributed by atoms with E-state index < -0.39 is 23.0 Å². The van der Waals surface area contributed by atoms with Crippen molar-refractivity contribution in [2.75, 3.05) is 0 Å². The molecule has 0 amide bonds. The van der Waals surface area contributed by atoms with Crippen LogP contribution in [0.3, 0.4) is 0 Å². The number of phosphoric acid groups is 1. The SMILES string of the molecule is N.N.O=P(O)(O)O.[Cl][Zn][Cl]. The summed E-state index contributed by atoms with van der Waals surface area (Å²) in [5.74, 6) is 0. The first-order valence-corrected chi connectivity index (χ1v) is 10.7. The molecule has 0 aromatic carbocycles. The van der Waals surface area contributed by atoms with Gasteiger partial charge in [-0.2, -0.15) is 0 Å². The molecule has 0 saturated heterocycles. The van der Waals surface area contributed by atoms with Crippen LogP contribution in [0.25, 0.3) is 0 Å². The first-order chi connectivity index (χ1) is 3.41. The van der Waals surface area contributed by atoms with Crippen LogP contribution in [0.4, 0.5) is 0 Å². The average molecular weight is 268 g/mol. The minimum atomic E-state index is -4.64. The Kier molecular flexibility index (Phi) is 28.9. The van der Waals surface area contributed by atoms with E-state index in [2.05, 4.69) is 0 Å². The molecule has 6 nitrogen and oxygen atoms in total. The maximum atomic E-state index is 8.88. The normalized spacial score (nSPS) is 6.90. The third-order valence-corrected chi connectivity index (χ3v) is 0. The number of hydrogen-bond acceptors (Lipinski definition) is 3. The Balaban J connectivity index is -0.0000000326. The van der Waals surface area contributed by atoms with Crippen LogP contribution in [0.5, 0.6) is 0 Å². The van der Waals surface area contributed by atoms with E-state index in [9.17, 15) is 0 Å². The predicted molar refractivity (Wildman–Crippen MR) is 36.0 cm³/mol. The van der Waals surface area contributed by atoms with Crippen molar-refractivity contribution >= 4 is 27.2 Å². The van der Waals surface area contributed by atoms with Gasteiger partial charge in [0.2, 0.25) is 0 Å². The zero-order chi connectivity index (χ0) is 7.21. The monoisotopic (exact) mass is 266 g/mol. The van der Waals surface area contributed by atoms with Crippen molar-refractivity contribution < 1.29 is 34.4 Å². The molecule has 0 radical (unpaired) electrons. The fraction of sp³-hybridized carbons (Fsp3) is 0. The van der Waals surface area contributed by atoms with Crippen molar-refractivity contribution in [2.45, 2.75) is 0 Å². The van der Waals surface area contributed by atoms with Crippen molar-refractivity contribution in [3.63, 3.8) is 0 Å². The summed E-state index contributed by atoms with van der Waals surface area (Å²) in [5.41, 5.74) is 0. The molecule has 0 spiro atoms. The topological polar surface area (TPSA) is 148 Å². The number of hydrogen-bond donors (Lipinski definition) is 5. The van der Waals surface area contributed by atoms with E-state index in [-0.39, 0.29) is 12.3 Å². The van der Waals surface area contributed by atoms with E-state index in [1.165, 1.54) is 0 Å². The fourth-order valence-corrected chi connectivity index (χ4v) is 0. The van der Waals surface area contributed by atoms with Gasteiger partial charge in [0.25, 0.3) is 0 Å². The molecule has 0 aromatic rings. The van der Waals surface area contributed by atoms with E-state index in [0.717, 1.165) is 0 Å². The third-order valence-electron chi connectivity index (χ3n) is 0. The number of rotatable bonds is 0. The molecule has 0 bridgehead atoms. The summed E-state index contributed by atoms with van der Waals surface area (Å²) in [6.45, 7) is 0. The summed E-state index contributed by atoms with van der Waals surface area (Å²) in [4.78, 5) is 21.6. The van der Waals surface area contributed by atoms with Crippen LogP contribution in [-0.2, 0) is 19.7 Å². The van der Waals surface area contributed by atoms with Gasteiger partial charge in [-0.1, -0.05) is 0 Å². The summed E-state index contributed by atoms with van der Waals surface area (Å²) in [7, 11) is 5.26. The van der Waals surface area contributed by atoms with Crippen LogP contribution in [0.2, 0.25) is 0 Å². The van der Waals surface area contributed by atoms with Gasteiger partial charge in [-0.15, -0.1) is 0 Å². The van der Waals surface area contributed by atoms with Crippen LogP contribution >= 0.6 is 27.2 Å². The Morgan fingerprint density at radius 3 is 1.10 bits per heavy atom. The zero-order valence-corrected chi connectivity index (χ0v) is 10.4. The van der Waals surface area contributed by atoms with E-state index >= 15 is 0 Å². The summed E-state index contributed by atoms with van der Waals surface area (Å²) in [5, 5.41) is 0. The van der Waals surface area contributed by atoms with Gasteiger partial charge in [0.1, 0.15) is 0 Å². The zero-order valence-electron chi connectivity index (χ0n) is 5.07. The van der Waals surface area contributed by atoms with Crippen molar-refractivity contribution in [3.05, 3.63) is 0 Å². The first kappa shape index (κ1) is 22.5. The molecule has 64 valence electrons. The molecule has 0 rings (SSSR count). The summed E-state index contributed by atoms with van der Waals surface area (Å²) >= 11 is -0.931. The maximum absolute atomic E-state index is 8.88. The Morgan fingerprint density at radius 1 is 1.10 bits per heavy atom. The van der Waals surface area contributed by atoms with E-state index in [1.807, 2.05) is 0 Å². The molecular formula is H9Cl2N2O4PZn.